The molecule has 2 fully saturated rings. The first-order chi connectivity index (χ1) is 7.62. The van der Waals surface area contributed by atoms with E-state index in [9.17, 15) is 0 Å². The predicted octanol–water partition coefficient (Wildman–Crippen LogP) is 3.41. The van der Waals surface area contributed by atoms with E-state index in [2.05, 4.69) is 28.5 Å². The van der Waals surface area contributed by atoms with Crippen molar-refractivity contribution in [3.8, 4) is 0 Å². The average molecular weight is 237 g/mol. The quantitative estimate of drug-likeness (QED) is 0.875. The summed E-state index contributed by atoms with van der Waals surface area (Å²) in [6.07, 6.45) is 6.41. The summed E-state index contributed by atoms with van der Waals surface area (Å²) in [5.74, 6) is 1.75. The number of anilines is 1. The highest BCUT2D eigenvalue weighted by Crippen LogP contribution is 2.41. The summed E-state index contributed by atoms with van der Waals surface area (Å²) in [4.78, 5) is 4.58. The zero-order valence-electron chi connectivity index (χ0n) is 9.99. The summed E-state index contributed by atoms with van der Waals surface area (Å²) >= 11 is 1.53. The van der Waals surface area contributed by atoms with E-state index in [4.69, 9.17) is 0 Å². The second-order valence-electron chi connectivity index (χ2n) is 5.98. The van der Waals surface area contributed by atoms with Crippen LogP contribution in [0.4, 0.5) is 5.13 Å². The first kappa shape index (κ1) is 10.5. The number of nitrogens with one attached hydrogen (secondary N) is 1. The van der Waals surface area contributed by atoms with E-state index >= 15 is 0 Å². The van der Waals surface area contributed by atoms with Gasteiger partial charge < -0.3 is 5.32 Å². The second kappa shape index (κ2) is 3.69. The molecule has 4 heteroatoms. The van der Waals surface area contributed by atoms with Gasteiger partial charge in [-0.3, -0.25) is 0 Å². The standard InChI is InChI=1S/C12H19N3S/c1-12(2)6-5-9(7-12)13-11-14-10(15-16-11)8-3-4-8/h8-9H,3-7H2,1-2H3,(H,13,14,15). The van der Waals surface area contributed by atoms with Crippen LogP contribution in [0.15, 0.2) is 0 Å². The highest BCUT2D eigenvalue weighted by Gasteiger charge is 2.32. The van der Waals surface area contributed by atoms with Gasteiger partial charge in [-0.15, -0.1) is 0 Å². The molecule has 3 rings (SSSR count). The smallest absolute Gasteiger partial charge is 0.202 e. The minimum Gasteiger partial charge on any atom is -0.358 e. The first-order valence-electron chi connectivity index (χ1n) is 6.22. The largest absolute Gasteiger partial charge is 0.358 e. The molecule has 1 N–H and O–H groups in total. The van der Waals surface area contributed by atoms with Crippen molar-refractivity contribution in [3.63, 3.8) is 0 Å². The van der Waals surface area contributed by atoms with Gasteiger partial charge in [0.15, 0.2) is 0 Å². The van der Waals surface area contributed by atoms with Crippen LogP contribution in [0.1, 0.15) is 57.7 Å². The van der Waals surface area contributed by atoms with Crippen molar-refractivity contribution in [2.75, 3.05) is 5.32 Å². The maximum Gasteiger partial charge on any atom is 0.202 e. The molecule has 1 heterocycles. The normalized spacial score (nSPS) is 28.2. The van der Waals surface area contributed by atoms with E-state index in [1.165, 1.54) is 43.6 Å². The lowest BCUT2D eigenvalue weighted by Gasteiger charge is -2.17. The van der Waals surface area contributed by atoms with Crippen LogP contribution < -0.4 is 5.32 Å². The molecule has 0 bridgehead atoms. The van der Waals surface area contributed by atoms with Crippen molar-refractivity contribution in [2.45, 2.75) is 57.9 Å². The van der Waals surface area contributed by atoms with Gasteiger partial charge in [0.05, 0.1) is 0 Å². The topological polar surface area (TPSA) is 37.8 Å². The van der Waals surface area contributed by atoms with Gasteiger partial charge in [0.25, 0.3) is 0 Å². The Labute approximate surface area is 101 Å². The third-order valence-electron chi connectivity index (χ3n) is 3.68. The van der Waals surface area contributed by atoms with Gasteiger partial charge in [-0.25, -0.2) is 4.98 Å². The Balaban J connectivity index is 1.61. The molecular weight excluding hydrogens is 218 g/mol. The van der Waals surface area contributed by atoms with E-state index in [1.54, 1.807) is 0 Å². The summed E-state index contributed by atoms with van der Waals surface area (Å²) in [5, 5.41) is 4.58. The Kier molecular flexibility index (Phi) is 2.42. The Morgan fingerprint density at radius 3 is 2.75 bits per heavy atom. The summed E-state index contributed by atoms with van der Waals surface area (Å²) in [6.45, 7) is 4.70. The van der Waals surface area contributed by atoms with Gasteiger partial charge in [-0.1, -0.05) is 13.8 Å². The molecule has 0 spiro atoms. The molecular formula is C12H19N3S. The fourth-order valence-electron chi connectivity index (χ4n) is 2.53. The van der Waals surface area contributed by atoms with Crippen LogP contribution in [-0.2, 0) is 0 Å². The SMILES string of the molecule is CC1(C)CCC(Nc2nc(C3CC3)ns2)C1. The molecule has 0 radical (unpaired) electrons. The van der Waals surface area contributed by atoms with Crippen molar-refractivity contribution in [1.29, 1.82) is 0 Å². The molecule has 0 aromatic carbocycles. The highest BCUT2D eigenvalue weighted by atomic mass is 32.1. The van der Waals surface area contributed by atoms with E-state index in [0.717, 1.165) is 11.0 Å². The minimum atomic E-state index is 0.502. The summed E-state index contributed by atoms with van der Waals surface area (Å²) < 4.78 is 4.42. The highest BCUT2D eigenvalue weighted by molar-refractivity contribution is 7.09. The Bertz CT molecular complexity index is 381. The molecule has 0 saturated heterocycles. The van der Waals surface area contributed by atoms with Gasteiger partial charge in [0.1, 0.15) is 5.82 Å². The van der Waals surface area contributed by atoms with Crippen LogP contribution >= 0.6 is 11.5 Å². The van der Waals surface area contributed by atoms with Gasteiger partial charge in [0.2, 0.25) is 5.13 Å². The lowest BCUT2D eigenvalue weighted by atomic mass is 9.92. The molecule has 1 aromatic heterocycles. The molecule has 0 aliphatic heterocycles. The first-order valence-corrected chi connectivity index (χ1v) is 7.00. The second-order valence-corrected chi connectivity index (χ2v) is 6.73. The maximum atomic E-state index is 4.58. The van der Waals surface area contributed by atoms with Crippen LogP contribution in [0.5, 0.6) is 0 Å². The average Bonchev–Trinajstić information content (AvgIpc) is 2.88. The third kappa shape index (κ3) is 2.21. The van der Waals surface area contributed by atoms with Gasteiger partial charge in [-0.2, -0.15) is 4.37 Å². The van der Waals surface area contributed by atoms with E-state index in [1.807, 2.05) is 0 Å². The molecule has 1 aromatic rings. The molecule has 0 amide bonds. The van der Waals surface area contributed by atoms with Crippen LogP contribution in [0.3, 0.4) is 0 Å². The van der Waals surface area contributed by atoms with Crippen molar-refractivity contribution in [3.05, 3.63) is 5.82 Å². The molecule has 3 nitrogen and oxygen atoms in total. The van der Waals surface area contributed by atoms with Gasteiger partial charge >= 0.3 is 0 Å². The Morgan fingerprint density at radius 2 is 2.12 bits per heavy atom. The lowest BCUT2D eigenvalue weighted by molar-refractivity contribution is 0.378. The Hall–Kier alpha value is -0.640. The number of hydrogen-bond acceptors (Lipinski definition) is 4. The van der Waals surface area contributed by atoms with Crippen molar-refractivity contribution < 1.29 is 0 Å². The summed E-state index contributed by atoms with van der Waals surface area (Å²) in [5.41, 5.74) is 0.502. The molecule has 2 aliphatic carbocycles. The molecule has 16 heavy (non-hydrogen) atoms. The van der Waals surface area contributed by atoms with Gasteiger partial charge in [0, 0.05) is 23.5 Å². The monoisotopic (exact) mass is 237 g/mol. The predicted molar refractivity (Wildman–Crippen MR) is 66.9 cm³/mol. The van der Waals surface area contributed by atoms with Crippen LogP contribution in [0.2, 0.25) is 0 Å². The van der Waals surface area contributed by atoms with E-state index < -0.39 is 0 Å². The molecule has 1 atom stereocenters. The van der Waals surface area contributed by atoms with Crippen LogP contribution in [-0.4, -0.2) is 15.4 Å². The van der Waals surface area contributed by atoms with E-state index in [0.29, 0.717) is 17.4 Å². The fourth-order valence-corrected chi connectivity index (χ4v) is 3.26. The van der Waals surface area contributed by atoms with Crippen molar-refractivity contribution in [1.82, 2.24) is 9.36 Å². The molecule has 2 saturated carbocycles. The summed E-state index contributed by atoms with van der Waals surface area (Å²) in [7, 11) is 0. The van der Waals surface area contributed by atoms with Crippen LogP contribution in [0.25, 0.3) is 0 Å². The molecule has 2 aliphatic rings. The van der Waals surface area contributed by atoms with Crippen molar-refractivity contribution in [2.24, 2.45) is 5.41 Å². The number of rotatable bonds is 3. The summed E-state index contributed by atoms with van der Waals surface area (Å²) in [6, 6.07) is 0.606. The maximum absolute atomic E-state index is 4.58. The number of hydrogen-bond donors (Lipinski definition) is 1. The van der Waals surface area contributed by atoms with Crippen molar-refractivity contribution >= 4 is 16.7 Å². The molecule has 88 valence electrons. The number of aromatic nitrogens is 2. The molecule has 1 unspecified atom stereocenters. The fraction of sp³-hybridized carbons (Fsp3) is 0.833. The van der Waals surface area contributed by atoms with Gasteiger partial charge in [-0.05, 0) is 37.5 Å². The Morgan fingerprint density at radius 1 is 1.31 bits per heavy atom. The number of nitrogens with zero attached hydrogens (tertiary/aromatic N) is 2. The third-order valence-corrected chi connectivity index (χ3v) is 4.34. The zero-order chi connectivity index (χ0) is 11.2. The van der Waals surface area contributed by atoms with E-state index in [-0.39, 0.29) is 0 Å². The lowest BCUT2D eigenvalue weighted by Crippen LogP contribution is -2.17. The zero-order valence-corrected chi connectivity index (χ0v) is 10.8. The minimum absolute atomic E-state index is 0.502. The van der Waals surface area contributed by atoms with Crippen LogP contribution in [0, 0.1) is 5.41 Å².